The molecule has 0 aromatic heterocycles. The summed E-state index contributed by atoms with van der Waals surface area (Å²) in [6.45, 7) is 4.04. The third-order valence-electron chi connectivity index (χ3n) is 4.05. The molecule has 26 heavy (non-hydrogen) atoms. The van der Waals surface area contributed by atoms with E-state index in [0.717, 1.165) is 11.8 Å². The maximum atomic E-state index is 12.7. The molecule has 0 aliphatic carbocycles. The highest BCUT2D eigenvalue weighted by Gasteiger charge is 2.26. The molecule has 0 saturated carbocycles. The van der Waals surface area contributed by atoms with Gasteiger partial charge in [-0.25, -0.2) is 16.8 Å². The number of sulfonamides is 2. The van der Waals surface area contributed by atoms with E-state index in [0.29, 0.717) is 17.0 Å². The topological polar surface area (TPSA) is 92.8 Å². The van der Waals surface area contributed by atoms with Crippen LogP contribution in [0.5, 0.6) is 5.75 Å². The smallest absolute Gasteiger partial charge is 0.262 e. The molecule has 3 rings (SSSR count). The van der Waals surface area contributed by atoms with Crippen LogP contribution in [0.15, 0.2) is 41.3 Å². The second-order valence-electron chi connectivity index (χ2n) is 6.24. The van der Waals surface area contributed by atoms with Crippen LogP contribution in [0.3, 0.4) is 0 Å². The summed E-state index contributed by atoms with van der Waals surface area (Å²) >= 11 is 0. The van der Waals surface area contributed by atoms with Gasteiger partial charge < -0.3 is 4.74 Å². The molecule has 1 N–H and O–H groups in total. The third-order valence-corrected chi connectivity index (χ3v) is 6.77. The highest BCUT2D eigenvalue weighted by atomic mass is 32.2. The van der Waals surface area contributed by atoms with E-state index < -0.39 is 20.0 Å². The van der Waals surface area contributed by atoms with Gasteiger partial charge >= 0.3 is 0 Å². The number of nitrogens with zero attached hydrogens (tertiary/aromatic N) is 1. The fourth-order valence-electron chi connectivity index (χ4n) is 2.91. The SMILES string of the molecule is Cc1ccc(S(=O)(=O)Nc2ccc3c(c2)N(S(C)(=O)=O)CCO3)c(C)c1. The van der Waals surface area contributed by atoms with E-state index in [9.17, 15) is 16.8 Å². The van der Waals surface area contributed by atoms with Crippen molar-refractivity contribution in [1.82, 2.24) is 0 Å². The van der Waals surface area contributed by atoms with Gasteiger partial charge in [0.2, 0.25) is 10.0 Å². The second-order valence-corrected chi connectivity index (χ2v) is 9.80. The van der Waals surface area contributed by atoms with Gasteiger partial charge in [0.15, 0.2) is 0 Å². The minimum Gasteiger partial charge on any atom is -0.489 e. The highest BCUT2D eigenvalue weighted by Crippen LogP contribution is 2.36. The summed E-state index contributed by atoms with van der Waals surface area (Å²) in [5.74, 6) is 0.399. The molecule has 0 saturated heterocycles. The Balaban J connectivity index is 1.98. The minimum atomic E-state index is -3.80. The maximum Gasteiger partial charge on any atom is 0.262 e. The summed E-state index contributed by atoms with van der Waals surface area (Å²) in [6, 6.07) is 9.65. The van der Waals surface area contributed by atoms with Gasteiger partial charge in [-0.3, -0.25) is 9.03 Å². The monoisotopic (exact) mass is 396 g/mol. The van der Waals surface area contributed by atoms with Crippen LogP contribution in [0, 0.1) is 13.8 Å². The van der Waals surface area contributed by atoms with Gasteiger partial charge in [-0.1, -0.05) is 17.7 Å². The average Bonchev–Trinajstić information content (AvgIpc) is 2.52. The molecule has 2 aromatic rings. The Morgan fingerprint density at radius 1 is 1.04 bits per heavy atom. The molecule has 9 heteroatoms. The van der Waals surface area contributed by atoms with Crippen molar-refractivity contribution in [1.29, 1.82) is 0 Å². The van der Waals surface area contributed by atoms with Gasteiger partial charge in [0.1, 0.15) is 12.4 Å². The first-order valence-corrected chi connectivity index (χ1v) is 11.3. The molecule has 1 aliphatic rings. The molecular weight excluding hydrogens is 376 g/mol. The van der Waals surface area contributed by atoms with Crippen molar-refractivity contribution in [3.8, 4) is 5.75 Å². The number of anilines is 2. The van der Waals surface area contributed by atoms with E-state index >= 15 is 0 Å². The van der Waals surface area contributed by atoms with Crippen LogP contribution in [0.25, 0.3) is 0 Å². The molecule has 140 valence electrons. The lowest BCUT2D eigenvalue weighted by Crippen LogP contribution is -2.37. The summed E-state index contributed by atoms with van der Waals surface area (Å²) in [4.78, 5) is 0.178. The highest BCUT2D eigenvalue weighted by molar-refractivity contribution is 7.93. The molecule has 0 unspecified atom stereocenters. The number of hydrogen-bond acceptors (Lipinski definition) is 5. The second kappa shape index (κ2) is 6.48. The molecule has 1 heterocycles. The zero-order chi connectivity index (χ0) is 19.1. The summed E-state index contributed by atoms with van der Waals surface area (Å²) < 4.78 is 58.6. The third kappa shape index (κ3) is 3.63. The predicted octanol–water partition coefficient (Wildman–Crippen LogP) is 2.26. The average molecular weight is 396 g/mol. The molecule has 0 fully saturated rings. The van der Waals surface area contributed by atoms with Crippen LogP contribution < -0.4 is 13.8 Å². The normalized spacial score (nSPS) is 14.5. The van der Waals surface area contributed by atoms with Crippen molar-refractivity contribution in [2.24, 2.45) is 0 Å². The Hall–Kier alpha value is -2.26. The Labute approximate surface area is 153 Å². The molecule has 0 amide bonds. The Morgan fingerprint density at radius 3 is 2.42 bits per heavy atom. The number of rotatable bonds is 4. The standard InChI is InChI=1S/C17H20N2O5S2/c1-12-4-7-17(13(2)10-12)26(22,23)18-14-5-6-16-15(11-14)19(8-9-24-16)25(3,20)21/h4-7,10-11,18H,8-9H2,1-3H3. The number of benzene rings is 2. The number of nitrogens with one attached hydrogen (secondary N) is 1. The molecule has 7 nitrogen and oxygen atoms in total. The van der Waals surface area contributed by atoms with Gasteiger partial charge in [-0.15, -0.1) is 0 Å². The number of ether oxygens (including phenoxy) is 1. The fourth-order valence-corrected chi connectivity index (χ4v) is 5.10. The van der Waals surface area contributed by atoms with Crippen molar-refractivity contribution in [3.05, 3.63) is 47.5 Å². The van der Waals surface area contributed by atoms with Crippen LogP contribution in [-0.2, 0) is 20.0 Å². The summed E-state index contributed by atoms with van der Waals surface area (Å²) in [7, 11) is -7.29. The Kier molecular flexibility index (Phi) is 4.61. The summed E-state index contributed by atoms with van der Waals surface area (Å²) in [5, 5.41) is 0. The van der Waals surface area contributed by atoms with Gasteiger partial charge in [0.25, 0.3) is 10.0 Å². The lowest BCUT2D eigenvalue weighted by atomic mass is 10.2. The molecule has 1 aliphatic heterocycles. The quantitative estimate of drug-likeness (QED) is 0.856. The van der Waals surface area contributed by atoms with Crippen molar-refractivity contribution in [2.75, 3.05) is 28.4 Å². The molecule has 0 bridgehead atoms. The number of aryl methyl sites for hydroxylation is 2. The first-order chi connectivity index (χ1) is 12.1. The van der Waals surface area contributed by atoms with E-state index in [2.05, 4.69) is 4.72 Å². The zero-order valence-corrected chi connectivity index (χ0v) is 16.3. The minimum absolute atomic E-state index is 0.178. The lowest BCUT2D eigenvalue weighted by Gasteiger charge is -2.29. The van der Waals surface area contributed by atoms with Gasteiger partial charge in [-0.2, -0.15) is 0 Å². The van der Waals surface area contributed by atoms with Crippen molar-refractivity contribution < 1.29 is 21.6 Å². The Morgan fingerprint density at radius 2 is 1.77 bits per heavy atom. The Bertz CT molecular complexity index is 1060. The first kappa shape index (κ1) is 18.5. The van der Waals surface area contributed by atoms with Crippen molar-refractivity contribution in [2.45, 2.75) is 18.7 Å². The van der Waals surface area contributed by atoms with E-state index in [1.165, 1.54) is 10.4 Å². The summed E-state index contributed by atoms with van der Waals surface area (Å²) in [5.41, 5.74) is 2.19. The van der Waals surface area contributed by atoms with Crippen LogP contribution in [-0.4, -0.2) is 36.2 Å². The van der Waals surface area contributed by atoms with Crippen molar-refractivity contribution >= 4 is 31.4 Å². The molecule has 0 atom stereocenters. The zero-order valence-electron chi connectivity index (χ0n) is 14.7. The molecule has 0 radical (unpaired) electrons. The van der Waals surface area contributed by atoms with E-state index in [1.54, 1.807) is 37.3 Å². The molecular formula is C17H20N2O5S2. The van der Waals surface area contributed by atoms with Gasteiger partial charge in [0.05, 0.1) is 29.1 Å². The lowest BCUT2D eigenvalue weighted by molar-refractivity contribution is 0.316. The van der Waals surface area contributed by atoms with Gasteiger partial charge in [0, 0.05) is 0 Å². The van der Waals surface area contributed by atoms with Crippen LogP contribution >= 0.6 is 0 Å². The number of fused-ring (bicyclic) bond motifs is 1. The predicted molar refractivity (Wildman–Crippen MR) is 101 cm³/mol. The summed E-state index contributed by atoms with van der Waals surface area (Å²) in [6.07, 6.45) is 1.11. The van der Waals surface area contributed by atoms with E-state index in [4.69, 9.17) is 4.74 Å². The largest absolute Gasteiger partial charge is 0.489 e. The number of hydrogen-bond donors (Lipinski definition) is 1. The van der Waals surface area contributed by atoms with E-state index in [-0.39, 0.29) is 23.7 Å². The fraction of sp³-hybridized carbons (Fsp3) is 0.294. The maximum absolute atomic E-state index is 12.7. The molecule has 0 spiro atoms. The van der Waals surface area contributed by atoms with Gasteiger partial charge in [-0.05, 0) is 43.7 Å². The van der Waals surface area contributed by atoms with Crippen LogP contribution in [0.1, 0.15) is 11.1 Å². The van der Waals surface area contributed by atoms with Crippen molar-refractivity contribution in [3.63, 3.8) is 0 Å². The van der Waals surface area contributed by atoms with E-state index in [1.807, 2.05) is 6.92 Å². The first-order valence-electron chi connectivity index (χ1n) is 7.92. The van der Waals surface area contributed by atoms with Crippen LogP contribution in [0.2, 0.25) is 0 Å². The van der Waals surface area contributed by atoms with Crippen LogP contribution in [0.4, 0.5) is 11.4 Å². The molecule has 2 aromatic carbocycles.